The summed E-state index contributed by atoms with van der Waals surface area (Å²) in [6, 6.07) is 2.81. The average molecular weight is 462 g/mol. The highest BCUT2D eigenvalue weighted by Crippen LogP contribution is 2.29. The first-order valence-electron chi connectivity index (χ1n) is 9.55. The van der Waals surface area contributed by atoms with Gasteiger partial charge in [0, 0.05) is 30.7 Å². The summed E-state index contributed by atoms with van der Waals surface area (Å²) in [6.07, 6.45) is 5.79. The molecule has 0 amide bonds. The lowest BCUT2D eigenvalue weighted by Crippen LogP contribution is -2.34. The van der Waals surface area contributed by atoms with Crippen molar-refractivity contribution in [3.63, 3.8) is 0 Å². The molecule has 1 aliphatic heterocycles. The van der Waals surface area contributed by atoms with Gasteiger partial charge in [0.05, 0.1) is 10.7 Å². The summed E-state index contributed by atoms with van der Waals surface area (Å²) in [5.74, 6) is -0.869. The van der Waals surface area contributed by atoms with E-state index in [2.05, 4.69) is 25.7 Å². The molecule has 0 bridgehead atoms. The van der Waals surface area contributed by atoms with Gasteiger partial charge in [0.25, 0.3) is 10.0 Å². The molecule has 29 heavy (non-hydrogen) atoms. The topological polar surface area (TPSA) is 95.2 Å². The van der Waals surface area contributed by atoms with E-state index in [1.807, 2.05) is 0 Å². The van der Waals surface area contributed by atoms with Crippen molar-refractivity contribution < 1.29 is 12.8 Å². The predicted octanol–water partition coefficient (Wildman–Crippen LogP) is 3.27. The fourth-order valence-electron chi connectivity index (χ4n) is 3.12. The van der Waals surface area contributed by atoms with Crippen LogP contribution >= 0.6 is 22.9 Å². The number of hydrogen-bond donors (Lipinski definition) is 4. The van der Waals surface area contributed by atoms with Crippen LogP contribution < -0.4 is 20.7 Å². The van der Waals surface area contributed by atoms with E-state index in [4.69, 9.17) is 11.6 Å². The van der Waals surface area contributed by atoms with Gasteiger partial charge in [0.15, 0.2) is 5.13 Å². The van der Waals surface area contributed by atoms with Crippen LogP contribution in [0.15, 0.2) is 28.6 Å². The quantitative estimate of drug-likeness (QED) is 0.384. The van der Waals surface area contributed by atoms with Crippen molar-refractivity contribution >= 4 is 43.8 Å². The Morgan fingerprint density at radius 1 is 1.31 bits per heavy atom. The van der Waals surface area contributed by atoms with Gasteiger partial charge in [-0.3, -0.25) is 4.72 Å². The van der Waals surface area contributed by atoms with Gasteiger partial charge in [0.1, 0.15) is 10.7 Å². The Kier molecular flexibility index (Phi) is 8.07. The van der Waals surface area contributed by atoms with Crippen LogP contribution in [0.5, 0.6) is 0 Å². The second-order valence-electron chi connectivity index (χ2n) is 6.84. The largest absolute Gasteiger partial charge is 0.384 e. The number of sulfonamides is 1. The van der Waals surface area contributed by atoms with E-state index in [0.717, 1.165) is 55.9 Å². The summed E-state index contributed by atoms with van der Waals surface area (Å²) in [6.45, 7) is 3.62. The van der Waals surface area contributed by atoms with E-state index in [9.17, 15) is 12.8 Å². The molecular weight excluding hydrogens is 437 g/mol. The molecule has 1 saturated heterocycles. The molecule has 1 aromatic heterocycles. The predicted molar refractivity (Wildman–Crippen MR) is 116 cm³/mol. The number of rotatable bonds is 11. The summed E-state index contributed by atoms with van der Waals surface area (Å²) in [5, 5.41) is 11.9. The average Bonchev–Trinajstić information content (AvgIpc) is 3.37. The number of thiazole rings is 1. The fraction of sp³-hybridized carbons (Fsp3) is 0.500. The standard InChI is InChI=1S/C18H25ClFN5O2S2/c19-14-10-17(29(26,27)25-18-24-8-9-28-18)15(20)11-16(14)23-6-2-1-5-21-12-13-4-3-7-22-13/h8-11,13,21-23H,1-7,12H2,(H,24,25)/t13-/m0/s1. The van der Waals surface area contributed by atoms with Crippen molar-refractivity contribution in [1.82, 2.24) is 15.6 Å². The SMILES string of the molecule is O=S(=O)(Nc1nccs1)c1cc(Cl)c(NCCCCNC[C@@H]2CCCN2)cc1F. The van der Waals surface area contributed by atoms with E-state index >= 15 is 0 Å². The third kappa shape index (κ3) is 6.51. The number of benzene rings is 1. The number of nitrogens with one attached hydrogen (secondary N) is 4. The molecule has 2 heterocycles. The first kappa shape index (κ1) is 22.2. The molecule has 2 aromatic rings. The molecular formula is C18H25ClFN5O2S2. The third-order valence-electron chi connectivity index (χ3n) is 4.61. The minimum absolute atomic E-state index is 0.149. The summed E-state index contributed by atoms with van der Waals surface area (Å²) in [5.41, 5.74) is 0.375. The summed E-state index contributed by atoms with van der Waals surface area (Å²) >= 11 is 7.28. The van der Waals surface area contributed by atoms with E-state index in [0.29, 0.717) is 18.3 Å². The zero-order valence-electron chi connectivity index (χ0n) is 15.9. The van der Waals surface area contributed by atoms with Gasteiger partial charge in [-0.1, -0.05) is 11.6 Å². The molecule has 4 N–H and O–H groups in total. The third-order valence-corrected chi connectivity index (χ3v) is 7.10. The Bertz CT molecular complexity index is 890. The lowest BCUT2D eigenvalue weighted by atomic mass is 10.2. The molecule has 1 aliphatic rings. The summed E-state index contributed by atoms with van der Waals surface area (Å²) in [7, 11) is -4.10. The number of nitrogens with zero attached hydrogens (tertiary/aromatic N) is 1. The lowest BCUT2D eigenvalue weighted by molar-refractivity contribution is 0.526. The second-order valence-corrected chi connectivity index (χ2v) is 9.79. The maximum absolute atomic E-state index is 14.4. The minimum atomic E-state index is -4.10. The Labute approximate surface area is 179 Å². The second kappa shape index (κ2) is 10.5. The van der Waals surface area contributed by atoms with E-state index < -0.39 is 20.7 Å². The molecule has 1 atom stereocenters. The molecule has 3 rings (SSSR count). The Balaban J connectivity index is 1.46. The summed E-state index contributed by atoms with van der Waals surface area (Å²) < 4.78 is 41.4. The van der Waals surface area contributed by atoms with Crippen molar-refractivity contribution in [2.75, 3.05) is 36.2 Å². The molecule has 0 unspecified atom stereocenters. The first-order chi connectivity index (χ1) is 14.0. The molecule has 1 aromatic carbocycles. The minimum Gasteiger partial charge on any atom is -0.384 e. The van der Waals surface area contributed by atoms with Crippen molar-refractivity contribution in [3.05, 3.63) is 34.5 Å². The molecule has 0 saturated carbocycles. The van der Waals surface area contributed by atoms with Crippen LogP contribution in [0.25, 0.3) is 0 Å². The Hall–Kier alpha value is -1.46. The van der Waals surface area contributed by atoms with Crippen molar-refractivity contribution in [2.24, 2.45) is 0 Å². The van der Waals surface area contributed by atoms with Crippen LogP contribution in [0.2, 0.25) is 5.02 Å². The number of hydrogen-bond acceptors (Lipinski definition) is 7. The summed E-state index contributed by atoms with van der Waals surface area (Å²) in [4.78, 5) is 3.34. The number of unbranched alkanes of at least 4 members (excludes halogenated alkanes) is 1. The number of halogens is 2. The first-order valence-corrected chi connectivity index (χ1v) is 12.3. The van der Waals surface area contributed by atoms with Gasteiger partial charge >= 0.3 is 0 Å². The Morgan fingerprint density at radius 3 is 2.86 bits per heavy atom. The van der Waals surface area contributed by atoms with Crippen molar-refractivity contribution in [3.8, 4) is 0 Å². The van der Waals surface area contributed by atoms with Crippen LogP contribution in [-0.2, 0) is 10.0 Å². The monoisotopic (exact) mass is 461 g/mol. The zero-order chi connectivity index (χ0) is 20.7. The Morgan fingerprint density at radius 2 is 2.14 bits per heavy atom. The van der Waals surface area contributed by atoms with Crippen molar-refractivity contribution in [2.45, 2.75) is 36.6 Å². The van der Waals surface area contributed by atoms with Gasteiger partial charge < -0.3 is 16.0 Å². The zero-order valence-corrected chi connectivity index (χ0v) is 18.3. The van der Waals surface area contributed by atoms with Gasteiger partial charge in [-0.2, -0.15) is 0 Å². The highest BCUT2D eigenvalue weighted by molar-refractivity contribution is 7.93. The van der Waals surface area contributed by atoms with Crippen LogP contribution in [-0.4, -0.2) is 45.6 Å². The smallest absolute Gasteiger partial charge is 0.266 e. The number of anilines is 2. The highest BCUT2D eigenvalue weighted by atomic mass is 35.5. The maximum Gasteiger partial charge on any atom is 0.266 e. The van der Waals surface area contributed by atoms with Gasteiger partial charge in [0.2, 0.25) is 0 Å². The van der Waals surface area contributed by atoms with Gasteiger partial charge in [-0.05, 0) is 50.9 Å². The van der Waals surface area contributed by atoms with E-state index in [1.165, 1.54) is 19.0 Å². The molecule has 11 heteroatoms. The molecule has 1 fully saturated rings. The molecule has 0 aliphatic carbocycles. The van der Waals surface area contributed by atoms with Crippen LogP contribution in [0.3, 0.4) is 0 Å². The molecule has 0 spiro atoms. The fourth-order valence-corrected chi connectivity index (χ4v) is 5.29. The molecule has 7 nitrogen and oxygen atoms in total. The lowest BCUT2D eigenvalue weighted by Gasteiger charge is -2.13. The van der Waals surface area contributed by atoms with Crippen LogP contribution in [0.1, 0.15) is 25.7 Å². The van der Waals surface area contributed by atoms with E-state index in [-0.39, 0.29) is 10.2 Å². The van der Waals surface area contributed by atoms with Crippen LogP contribution in [0.4, 0.5) is 15.2 Å². The van der Waals surface area contributed by atoms with Crippen LogP contribution in [0, 0.1) is 5.82 Å². The van der Waals surface area contributed by atoms with Gasteiger partial charge in [-0.15, -0.1) is 11.3 Å². The van der Waals surface area contributed by atoms with Gasteiger partial charge in [-0.25, -0.2) is 17.8 Å². The number of aromatic nitrogens is 1. The molecule has 160 valence electrons. The highest BCUT2D eigenvalue weighted by Gasteiger charge is 2.22. The maximum atomic E-state index is 14.4. The molecule has 0 radical (unpaired) electrons. The normalized spacial score (nSPS) is 16.8. The van der Waals surface area contributed by atoms with E-state index in [1.54, 1.807) is 5.38 Å². The van der Waals surface area contributed by atoms with Crippen molar-refractivity contribution in [1.29, 1.82) is 0 Å².